The second kappa shape index (κ2) is 4.97. The maximum Gasteiger partial charge on any atom is 0.134 e. The lowest BCUT2D eigenvalue weighted by molar-refractivity contribution is 0.0874. The van der Waals surface area contributed by atoms with Gasteiger partial charge < -0.3 is 10.0 Å². The zero-order valence-electron chi connectivity index (χ0n) is 10.2. The lowest BCUT2D eigenvalue weighted by atomic mass is 10.1. The quantitative estimate of drug-likeness (QED) is 0.823. The third-order valence-electron chi connectivity index (χ3n) is 2.08. The number of aromatic nitrogens is 2. The van der Waals surface area contributed by atoms with Gasteiger partial charge in [0, 0.05) is 19.2 Å². The summed E-state index contributed by atoms with van der Waals surface area (Å²) in [6, 6.07) is 1.71. The molecule has 90 valence electrons. The molecule has 0 unspecified atom stereocenters. The van der Waals surface area contributed by atoms with Gasteiger partial charge in [-0.3, -0.25) is 0 Å². The van der Waals surface area contributed by atoms with Crippen LogP contribution < -0.4 is 4.90 Å². The predicted molar refractivity (Wildman–Crippen MR) is 66.0 cm³/mol. The van der Waals surface area contributed by atoms with Crippen LogP contribution in [0.5, 0.6) is 0 Å². The molecule has 0 fully saturated rings. The fourth-order valence-electron chi connectivity index (χ4n) is 1.50. The van der Waals surface area contributed by atoms with Gasteiger partial charge in [-0.1, -0.05) is 11.6 Å². The standard InChI is InChI=1S/C11H18ClN3O/c1-5-15(7-11(3,4)16)10-6-9(12)13-8(2)14-10/h6,16H,5,7H2,1-4H3. The van der Waals surface area contributed by atoms with Crippen LogP contribution in [0.2, 0.25) is 5.15 Å². The minimum absolute atomic E-state index is 0.427. The van der Waals surface area contributed by atoms with Gasteiger partial charge in [0.2, 0.25) is 0 Å². The number of anilines is 1. The molecule has 0 aliphatic carbocycles. The second-order valence-corrected chi connectivity index (χ2v) is 4.81. The van der Waals surface area contributed by atoms with Crippen molar-refractivity contribution >= 4 is 17.4 Å². The average Bonchev–Trinajstić information content (AvgIpc) is 2.11. The Balaban J connectivity index is 2.95. The van der Waals surface area contributed by atoms with Crippen LogP contribution >= 0.6 is 11.6 Å². The summed E-state index contributed by atoms with van der Waals surface area (Å²) < 4.78 is 0. The summed E-state index contributed by atoms with van der Waals surface area (Å²) in [7, 11) is 0. The molecule has 0 bridgehead atoms. The van der Waals surface area contributed by atoms with Gasteiger partial charge in [-0.05, 0) is 27.7 Å². The van der Waals surface area contributed by atoms with Gasteiger partial charge in [-0.15, -0.1) is 0 Å². The Morgan fingerprint density at radius 1 is 1.44 bits per heavy atom. The van der Waals surface area contributed by atoms with E-state index in [1.165, 1.54) is 0 Å². The highest BCUT2D eigenvalue weighted by atomic mass is 35.5. The fraction of sp³-hybridized carbons (Fsp3) is 0.636. The number of nitrogens with zero attached hydrogens (tertiary/aromatic N) is 3. The smallest absolute Gasteiger partial charge is 0.134 e. The molecule has 0 spiro atoms. The van der Waals surface area contributed by atoms with Crippen LogP contribution in [-0.2, 0) is 0 Å². The molecule has 0 atom stereocenters. The van der Waals surface area contributed by atoms with Crippen molar-refractivity contribution in [3.8, 4) is 0 Å². The van der Waals surface area contributed by atoms with Crippen molar-refractivity contribution in [2.45, 2.75) is 33.3 Å². The zero-order valence-corrected chi connectivity index (χ0v) is 10.9. The van der Waals surface area contributed by atoms with E-state index >= 15 is 0 Å². The number of aryl methyl sites for hydroxylation is 1. The highest BCUT2D eigenvalue weighted by Gasteiger charge is 2.18. The van der Waals surface area contributed by atoms with Crippen LogP contribution in [0.4, 0.5) is 5.82 Å². The van der Waals surface area contributed by atoms with Crippen LogP contribution in [0.1, 0.15) is 26.6 Å². The van der Waals surface area contributed by atoms with Crippen molar-refractivity contribution in [3.63, 3.8) is 0 Å². The Kier molecular flexibility index (Phi) is 4.10. The first-order valence-corrected chi connectivity index (χ1v) is 5.68. The monoisotopic (exact) mass is 243 g/mol. The minimum atomic E-state index is -0.763. The SMILES string of the molecule is CCN(CC(C)(C)O)c1cc(Cl)nc(C)n1. The largest absolute Gasteiger partial charge is 0.389 e. The fourth-order valence-corrected chi connectivity index (χ4v) is 1.72. The maximum atomic E-state index is 9.80. The average molecular weight is 244 g/mol. The maximum absolute atomic E-state index is 9.80. The summed E-state index contributed by atoms with van der Waals surface area (Å²) in [4.78, 5) is 10.3. The van der Waals surface area contributed by atoms with Gasteiger partial charge in [-0.25, -0.2) is 9.97 Å². The lowest BCUT2D eigenvalue weighted by Gasteiger charge is -2.29. The molecule has 4 nitrogen and oxygen atoms in total. The molecule has 1 heterocycles. The highest BCUT2D eigenvalue weighted by Crippen LogP contribution is 2.18. The molecular formula is C11H18ClN3O. The number of rotatable bonds is 4. The number of halogens is 1. The molecule has 0 amide bonds. The summed E-state index contributed by atoms with van der Waals surface area (Å²) in [5, 5.41) is 10.2. The van der Waals surface area contributed by atoms with Crippen LogP contribution in [0.15, 0.2) is 6.07 Å². The molecule has 0 aliphatic rings. The van der Waals surface area contributed by atoms with Gasteiger partial charge >= 0.3 is 0 Å². The molecule has 1 aromatic rings. The van der Waals surface area contributed by atoms with E-state index in [0.717, 1.165) is 12.4 Å². The van der Waals surface area contributed by atoms with Crippen molar-refractivity contribution in [2.24, 2.45) is 0 Å². The Morgan fingerprint density at radius 3 is 2.50 bits per heavy atom. The number of aliphatic hydroxyl groups is 1. The Hall–Kier alpha value is -0.870. The molecule has 1 N–H and O–H groups in total. The molecule has 0 radical (unpaired) electrons. The van der Waals surface area contributed by atoms with E-state index < -0.39 is 5.60 Å². The van der Waals surface area contributed by atoms with Gasteiger partial charge in [0.15, 0.2) is 0 Å². The minimum Gasteiger partial charge on any atom is -0.389 e. The summed E-state index contributed by atoms with van der Waals surface area (Å²) >= 11 is 5.88. The molecule has 5 heteroatoms. The van der Waals surface area contributed by atoms with E-state index in [-0.39, 0.29) is 0 Å². The van der Waals surface area contributed by atoms with E-state index in [2.05, 4.69) is 9.97 Å². The first-order valence-electron chi connectivity index (χ1n) is 5.30. The molecule has 16 heavy (non-hydrogen) atoms. The van der Waals surface area contributed by atoms with E-state index in [0.29, 0.717) is 17.5 Å². The van der Waals surface area contributed by atoms with E-state index in [1.54, 1.807) is 26.8 Å². The van der Waals surface area contributed by atoms with Crippen molar-refractivity contribution < 1.29 is 5.11 Å². The third kappa shape index (κ3) is 3.94. The summed E-state index contributed by atoms with van der Waals surface area (Å²) in [6.45, 7) is 8.62. The van der Waals surface area contributed by atoms with Crippen LogP contribution in [0.25, 0.3) is 0 Å². The van der Waals surface area contributed by atoms with Gasteiger partial charge in [-0.2, -0.15) is 0 Å². The van der Waals surface area contributed by atoms with Gasteiger partial charge in [0.1, 0.15) is 16.8 Å². The lowest BCUT2D eigenvalue weighted by Crippen LogP contribution is -2.39. The third-order valence-corrected chi connectivity index (χ3v) is 2.27. The van der Waals surface area contributed by atoms with Crippen LogP contribution in [0.3, 0.4) is 0 Å². The first-order chi connectivity index (χ1) is 7.31. The Labute approximate surface area is 101 Å². The van der Waals surface area contributed by atoms with Crippen molar-refractivity contribution in [3.05, 3.63) is 17.0 Å². The normalized spacial score (nSPS) is 11.6. The molecule has 0 aromatic carbocycles. The van der Waals surface area contributed by atoms with Crippen molar-refractivity contribution in [2.75, 3.05) is 18.0 Å². The van der Waals surface area contributed by atoms with Crippen LogP contribution in [-0.4, -0.2) is 33.8 Å². The van der Waals surface area contributed by atoms with Crippen LogP contribution in [0, 0.1) is 6.92 Å². The Bertz CT molecular complexity index is 342. The van der Waals surface area contributed by atoms with Gasteiger partial charge in [0.25, 0.3) is 0 Å². The van der Waals surface area contributed by atoms with E-state index in [1.807, 2.05) is 11.8 Å². The van der Waals surface area contributed by atoms with Crippen molar-refractivity contribution in [1.82, 2.24) is 9.97 Å². The molecule has 0 saturated carbocycles. The number of likely N-dealkylation sites (N-methyl/N-ethyl adjacent to an activating group) is 1. The predicted octanol–water partition coefficient (Wildman–Crippen LogP) is 2.04. The topological polar surface area (TPSA) is 49.2 Å². The van der Waals surface area contributed by atoms with Gasteiger partial charge in [0.05, 0.1) is 5.60 Å². The summed E-state index contributed by atoms with van der Waals surface area (Å²) in [6.07, 6.45) is 0. The molecule has 0 aliphatic heterocycles. The second-order valence-electron chi connectivity index (χ2n) is 4.42. The molecular weight excluding hydrogens is 226 g/mol. The molecule has 1 aromatic heterocycles. The zero-order chi connectivity index (χ0) is 12.3. The van der Waals surface area contributed by atoms with E-state index in [9.17, 15) is 5.11 Å². The number of hydrogen-bond acceptors (Lipinski definition) is 4. The Morgan fingerprint density at radius 2 is 2.06 bits per heavy atom. The highest BCUT2D eigenvalue weighted by molar-refractivity contribution is 6.29. The first kappa shape index (κ1) is 13.2. The molecule has 1 rings (SSSR count). The van der Waals surface area contributed by atoms with Crippen molar-refractivity contribution in [1.29, 1.82) is 0 Å². The van der Waals surface area contributed by atoms with E-state index in [4.69, 9.17) is 11.6 Å². The summed E-state index contributed by atoms with van der Waals surface area (Å²) in [5.41, 5.74) is -0.763. The molecule has 0 saturated heterocycles. The summed E-state index contributed by atoms with van der Waals surface area (Å²) in [5.74, 6) is 1.39. The number of hydrogen-bond donors (Lipinski definition) is 1.